The molecule has 1 saturated heterocycles. The lowest BCUT2D eigenvalue weighted by molar-refractivity contribution is 0.238. The number of fused-ring (bicyclic) bond motifs is 1. The van der Waals surface area contributed by atoms with E-state index in [0.717, 1.165) is 68.1 Å². The highest BCUT2D eigenvalue weighted by Gasteiger charge is 2.19. The average Bonchev–Trinajstić information content (AvgIpc) is 2.97. The van der Waals surface area contributed by atoms with Crippen LogP contribution in [0.1, 0.15) is 12.0 Å². The van der Waals surface area contributed by atoms with E-state index in [2.05, 4.69) is 16.3 Å². The highest BCUT2D eigenvalue weighted by atomic mass is 19.1. The smallest absolute Gasteiger partial charge is 0.204 e. The van der Waals surface area contributed by atoms with Gasteiger partial charge in [-0.3, -0.25) is 0 Å². The fourth-order valence-electron chi connectivity index (χ4n) is 3.90. The Morgan fingerprint density at radius 2 is 1.86 bits per heavy atom. The van der Waals surface area contributed by atoms with Crippen molar-refractivity contribution in [1.29, 1.82) is 0 Å². The molecule has 0 amide bonds. The Kier molecular flexibility index (Phi) is 5.59. The first-order chi connectivity index (χ1) is 13.6. The van der Waals surface area contributed by atoms with Crippen LogP contribution in [0.2, 0.25) is 0 Å². The zero-order valence-electron chi connectivity index (χ0n) is 16.0. The molecule has 1 N–H and O–H groups in total. The van der Waals surface area contributed by atoms with Gasteiger partial charge in [-0.15, -0.1) is 0 Å². The topological polar surface area (TPSA) is 29.4 Å². The third kappa shape index (κ3) is 3.88. The number of piperazine rings is 1. The number of para-hydroxylation sites is 1. The van der Waals surface area contributed by atoms with Crippen molar-refractivity contribution >= 4 is 10.9 Å². The second-order valence-electron chi connectivity index (χ2n) is 7.23. The van der Waals surface area contributed by atoms with E-state index in [9.17, 15) is 8.78 Å². The molecule has 1 aromatic heterocycles. The van der Waals surface area contributed by atoms with Gasteiger partial charge in [-0.05, 0) is 37.6 Å². The quantitative estimate of drug-likeness (QED) is 0.693. The molecule has 0 saturated carbocycles. The summed E-state index contributed by atoms with van der Waals surface area (Å²) >= 11 is 0. The van der Waals surface area contributed by atoms with Gasteiger partial charge in [0.05, 0.1) is 5.52 Å². The SMILES string of the molecule is Cn1c(Oc2ccc(F)cc2F)c(CCCN2CCNCC2)c2ccccc21. The number of hydrogen-bond donors (Lipinski definition) is 1. The summed E-state index contributed by atoms with van der Waals surface area (Å²) in [5.41, 5.74) is 2.11. The first-order valence-electron chi connectivity index (χ1n) is 9.76. The van der Waals surface area contributed by atoms with Crippen LogP contribution in [0, 0.1) is 11.6 Å². The van der Waals surface area contributed by atoms with Crippen molar-refractivity contribution in [2.75, 3.05) is 32.7 Å². The predicted octanol–water partition coefficient (Wildman–Crippen LogP) is 4.09. The van der Waals surface area contributed by atoms with Gasteiger partial charge >= 0.3 is 0 Å². The second-order valence-corrected chi connectivity index (χ2v) is 7.23. The Labute approximate surface area is 163 Å². The zero-order chi connectivity index (χ0) is 19.5. The van der Waals surface area contributed by atoms with Crippen molar-refractivity contribution in [3.63, 3.8) is 0 Å². The molecule has 0 spiro atoms. The number of rotatable bonds is 6. The van der Waals surface area contributed by atoms with Crippen molar-refractivity contribution < 1.29 is 13.5 Å². The van der Waals surface area contributed by atoms with Crippen LogP contribution in [0.3, 0.4) is 0 Å². The summed E-state index contributed by atoms with van der Waals surface area (Å²) in [6, 6.07) is 11.5. The molecule has 2 aromatic carbocycles. The van der Waals surface area contributed by atoms with Crippen LogP contribution in [0.5, 0.6) is 11.6 Å². The van der Waals surface area contributed by atoms with E-state index >= 15 is 0 Å². The molecule has 0 bridgehead atoms. The molecule has 1 fully saturated rings. The van der Waals surface area contributed by atoms with Crippen LogP contribution in [-0.4, -0.2) is 42.2 Å². The third-order valence-corrected chi connectivity index (χ3v) is 5.36. The lowest BCUT2D eigenvalue weighted by Gasteiger charge is -2.27. The van der Waals surface area contributed by atoms with E-state index in [1.54, 1.807) is 0 Å². The van der Waals surface area contributed by atoms with Crippen LogP contribution in [0.25, 0.3) is 10.9 Å². The summed E-state index contributed by atoms with van der Waals surface area (Å²) in [4.78, 5) is 2.46. The lowest BCUT2D eigenvalue weighted by atomic mass is 10.1. The first-order valence-corrected chi connectivity index (χ1v) is 9.76. The minimum absolute atomic E-state index is 0.0376. The number of aryl methyl sites for hydroxylation is 2. The molecule has 2 heterocycles. The van der Waals surface area contributed by atoms with Crippen molar-refractivity contribution in [1.82, 2.24) is 14.8 Å². The fraction of sp³-hybridized carbons (Fsp3) is 0.364. The fourth-order valence-corrected chi connectivity index (χ4v) is 3.90. The zero-order valence-corrected chi connectivity index (χ0v) is 16.0. The van der Waals surface area contributed by atoms with Crippen LogP contribution in [-0.2, 0) is 13.5 Å². The van der Waals surface area contributed by atoms with Crippen molar-refractivity contribution in [2.24, 2.45) is 7.05 Å². The Morgan fingerprint density at radius 1 is 1.07 bits per heavy atom. The van der Waals surface area contributed by atoms with Crippen LogP contribution < -0.4 is 10.1 Å². The van der Waals surface area contributed by atoms with Gasteiger partial charge in [0.15, 0.2) is 11.6 Å². The second kappa shape index (κ2) is 8.29. The van der Waals surface area contributed by atoms with Crippen LogP contribution >= 0.6 is 0 Å². The van der Waals surface area contributed by atoms with Crippen LogP contribution in [0.4, 0.5) is 8.78 Å². The van der Waals surface area contributed by atoms with Gasteiger partial charge in [-0.25, -0.2) is 8.78 Å². The maximum absolute atomic E-state index is 14.2. The minimum Gasteiger partial charge on any atom is -0.437 e. The van der Waals surface area contributed by atoms with Gasteiger partial charge in [0.25, 0.3) is 0 Å². The molecular weight excluding hydrogens is 360 g/mol. The Balaban J connectivity index is 1.61. The van der Waals surface area contributed by atoms with Gasteiger partial charge in [-0.2, -0.15) is 0 Å². The molecule has 1 aliphatic heterocycles. The molecule has 0 unspecified atom stereocenters. The first kappa shape index (κ1) is 18.9. The number of benzene rings is 2. The van der Waals surface area contributed by atoms with Crippen molar-refractivity contribution in [3.8, 4) is 11.6 Å². The Bertz CT molecular complexity index is 964. The molecule has 0 atom stereocenters. The number of halogens is 2. The third-order valence-electron chi connectivity index (χ3n) is 5.36. The summed E-state index contributed by atoms with van der Waals surface area (Å²) in [6.07, 6.45) is 1.83. The largest absolute Gasteiger partial charge is 0.437 e. The molecule has 4 rings (SSSR count). The number of hydrogen-bond acceptors (Lipinski definition) is 3. The highest BCUT2D eigenvalue weighted by Crippen LogP contribution is 2.36. The standard InChI is InChI=1S/C22H25F2N3O/c1-26-20-7-3-2-5-17(20)18(6-4-12-27-13-10-25-11-14-27)22(26)28-21-9-8-16(23)15-19(21)24/h2-3,5,7-9,15,25H,4,6,10-14H2,1H3. The van der Waals surface area contributed by atoms with E-state index in [1.807, 2.05) is 29.8 Å². The molecule has 1 aliphatic rings. The summed E-state index contributed by atoms with van der Waals surface area (Å²) in [7, 11) is 1.92. The summed E-state index contributed by atoms with van der Waals surface area (Å²) in [5, 5.41) is 4.48. The van der Waals surface area contributed by atoms with E-state index < -0.39 is 11.6 Å². The molecular formula is C22H25F2N3O. The predicted molar refractivity (Wildman–Crippen MR) is 107 cm³/mol. The normalized spacial score (nSPS) is 15.2. The van der Waals surface area contributed by atoms with E-state index in [1.165, 1.54) is 12.1 Å². The molecule has 0 radical (unpaired) electrons. The maximum Gasteiger partial charge on any atom is 0.204 e. The van der Waals surface area contributed by atoms with E-state index in [0.29, 0.717) is 5.88 Å². The molecule has 6 heteroatoms. The molecule has 0 aliphatic carbocycles. The monoisotopic (exact) mass is 385 g/mol. The lowest BCUT2D eigenvalue weighted by Crippen LogP contribution is -2.43. The highest BCUT2D eigenvalue weighted by molar-refractivity contribution is 5.87. The van der Waals surface area contributed by atoms with Crippen LogP contribution in [0.15, 0.2) is 42.5 Å². The van der Waals surface area contributed by atoms with Crippen molar-refractivity contribution in [2.45, 2.75) is 12.8 Å². The molecule has 28 heavy (non-hydrogen) atoms. The maximum atomic E-state index is 14.2. The van der Waals surface area contributed by atoms with Gasteiger partial charge in [0, 0.05) is 50.2 Å². The van der Waals surface area contributed by atoms with Gasteiger partial charge in [0.2, 0.25) is 5.88 Å². The summed E-state index contributed by atoms with van der Waals surface area (Å²) in [6.45, 7) is 5.23. The number of aromatic nitrogens is 1. The minimum atomic E-state index is -0.697. The van der Waals surface area contributed by atoms with E-state index in [4.69, 9.17) is 4.74 Å². The molecule has 148 valence electrons. The number of nitrogens with zero attached hydrogens (tertiary/aromatic N) is 2. The number of nitrogens with one attached hydrogen (secondary N) is 1. The summed E-state index contributed by atoms with van der Waals surface area (Å²) in [5.74, 6) is -0.655. The average molecular weight is 385 g/mol. The molecule has 3 aromatic rings. The van der Waals surface area contributed by atoms with Gasteiger partial charge in [-0.1, -0.05) is 18.2 Å². The molecule has 4 nitrogen and oxygen atoms in total. The number of ether oxygens (including phenoxy) is 1. The van der Waals surface area contributed by atoms with Crippen molar-refractivity contribution in [3.05, 3.63) is 59.7 Å². The van der Waals surface area contributed by atoms with E-state index in [-0.39, 0.29) is 5.75 Å². The van der Waals surface area contributed by atoms with Gasteiger partial charge < -0.3 is 19.5 Å². The Hall–Kier alpha value is -2.44. The summed E-state index contributed by atoms with van der Waals surface area (Å²) < 4.78 is 35.3. The Morgan fingerprint density at radius 3 is 2.64 bits per heavy atom. The van der Waals surface area contributed by atoms with Gasteiger partial charge in [0.1, 0.15) is 5.82 Å².